The zero-order valence-electron chi connectivity index (χ0n) is 25.2. The standard InChI is InChI=1S/C32H36N10O2/c1-22(2)39-16-18-40(19-17-39)27(43)13-9-4-6-10-24-14-15-41-28(24)32(44)42(25-11-7-5-8-12-25)31(38-41)23(3)37-30-26(20-33)29(34)35-21-36-30/h5,7-8,11-12,14-15,21-23H,4,9,13,16-19H2,1-3H3,(H3,34,35,36,37). The van der Waals surface area contributed by atoms with E-state index in [9.17, 15) is 14.9 Å². The Morgan fingerprint density at radius 1 is 1.09 bits per heavy atom. The second-order valence-electron chi connectivity index (χ2n) is 11.0. The normalized spacial score (nSPS) is 14.2. The lowest BCUT2D eigenvalue weighted by atomic mass is 10.2. The number of carbonyl (C=O) groups is 1. The van der Waals surface area contributed by atoms with Crippen LogP contribution in [0.4, 0.5) is 11.6 Å². The zero-order chi connectivity index (χ0) is 31.2. The minimum Gasteiger partial charge on any atom is -0.382 e. The molecule has 5 rings (SSSR count). The van der Waals surface area contributed by atoms with Gasteiger partial charge in [0.2, 0.25) is 5.91 Å². The van der Waals surface area contributed by atoms with Crippen molar-refractivity contribution in [3.63, 3.8) is 0 Å². The predicted molar refractivity (Wildman–Crippen MR) is 168 cm³/mol. The van der Waals surface area contributed by atoms with Crippen molar-refractivity contribution in [2.45, 2.75) is 52.1 Å². The number of rotatable bonds is 8. The molecule has 1 aromatic carbocycles. The molecule has 4 aromatic rings. The quantitative estimate of drug-likeness (QED) is 0.232. The van der Waals surface area contributed by atoms with Crippen LogP contribution in [0.2, 0.25) is 0 Å². The minimum absolute atomic E-state index is 0.0588. The van der Waals surface area contributed by atoms with Crippen LogP contribution in [-0.4, -0.2) is 72.1 Å². The maximum atomic E-state index is 14.0. The predicted octanol–water partition coefficient (Wildman–Crippen LogP) is 2.98. The average molecular weight is 593 g/mol. The van der Waals surface area contributed by atoms with E-state index >= 15 is 0 Å². The van der Waals surface area contributed by atoms with Gasteiger partial charge in [-0.2, -0.15) is 10.4 Å². The van der Waals surface area contributed by atoms with Crippen LogP contribution in [-0.2, 0) is 4.79 Å². The van der Waals surface area contributed by atoms with Gasteiger partial charge in [-0.3, -0.25) is 19.1 Å². The van der Waals surface area contributed by atoms with E-state index in [0.29, 0.717) is 47.9 Å². The number of hydrogen-bond donors (Lipinski definition) is 2. The van der Waals surface area contributed by atoms with Crippen molar-refractivity contribution in [3.05, 3.63) is 76.2 Å². The lowest BCUT2D eigenvalue weighted by molar-refractivity contribution is -0.133. The van der Waals surface area contributed by atoms with E-state index in [2.05, 4.69) is 45.9 Å². The molecule has 0 aliphatic carbocycles. The molecule has 0 radical (unpaired) electrons. The number of nitrogens with zero attached hydrogens (tertiary/aromatic N) is 8. The molecule has 44 heavy (non-hydrogen) atoms. The Bertz CT molecular complexity index is 1800. The summed E-state index contributed by atoms with van der Waals surface area (Å²) in [6.07, 6.45) is 4.62. The van der Waals surface area contributed by atoms with Gasteiger partial charge in [0.1, 0.15) is 35.1 Å². The summed E-state index contributed by atoms with van der Waals surface area (Å²) in [5, 5.41) is 17.5. The molecule has 1 aliphatic rings. The van der Waals surface area contributed by atoms with Crippen LogP contribution < -0.4 is 16.6 Å². The van der Waals surface area contributed by atoms with Crippen LogP contribution in [0, 0.1) is 23.2 Å². The van der Waals surface area contributed by atoms with Crippen molar-refractivity contribution in [2.24, 2.45) is 0 Å². The largest absolute Gasteiger partial charge is 0.382 e. The highest BCUT2D eigenvalue weighted by Gasteiger charge is 2.23. The molecule has 226 valence electrons. The smallest absolute Gasteiger partial charge is 0.283 e. The molecule has 3 aromatic heterocycles. The van der Waals surface area contributed by atoms with Crippen molar-refractivity contribution in [1.82, 2.24) is 33.9 Å². The number of aromatic nitrogens is 5. The fourth-order valence-corrected chi connectivity index (χ4v) is 5.31. The van der Waals surface area contributed by atoms with E-state index in [0.717, 1.165) is 26.2 Å². The number of nitriles is 1. The van der Waals surface area contributed by atoms with Gasteiger partial charge in [-0.25, -0.2) is 14.5 Å². The number of nitrogen functional groups attached to an aromatic ring is 1. The van der Waals surface area contributed by atoms with Gasteiger partial charge in [-0.15, -0.1) is 0 Å². The highest BCUT2D eigenvalue weighted by atomic mass is 16.2. The summed E-state index contributed by atoms with van der Waals surface area (Å²) in [6.45, 7) is 9.53. The highest BCUT2D eigenvalue weighted by Crippen LogP contribution is 2.23. The number of anilines is 2. The minimum atomic E-state index is -0.545. The van der Waals surface area contributed by atoms with Crippen molar-refractivity contribution >= 4 is 23.1 Å². The van der Waals surface area contributed by atoms with Gasteiger partial charge in [0.15, 0.2) is 5.82 Å². The Labute approximate surface area is 256 Å². The molecule has 1 aliphatic heterocycles. The number of carbonyl (C=O) groups excluding carboxylic acids is 1. The third-order valence-electron chi connectivity index (χ3n) is 7.77. The Kier molecular flexibility index (Phi) is 9.22. The molecular weight excluding hydrogens is 556 g/mol. The average Bonchev–Trinajstić information content (AvgIpc) is 3.44. The number of piperazine rings is 1. The van der Waals surface area contributed by atoms with Crippen LogP contribution in [0.3, 0.4) is 0 Å². The van der Waals surface area contributed by atoms with Crippen molar-refractivity contribution in [3.8, 4) is 23.6 Å². The van der Waals surface area contributed by atoms with Gasteiger partial charge in [-0.05, 0) is 45.4 Å². The lowest BCUT2D eigenvalue weighted by Crippen LogP contribution is -2.50. The van der Waals surface area contributed by atoms with Crippen molar-refractivity contribution in [2.75, 3.05) is 37.2 Å². The molecule has 1 atom stereocenters. The van der Waals surface area contributed by atoms with Crippen molar-refractivity contribution in [1.29, 1.82) is 5.26 Å². The van der Waals surface area contributed by atoms with E-state index < -0.39 is 6.04 Å². The Morgan fingerprint density at radius 3 is 2.55 bits per heavy atom. The van der Waals surface area contributed by atoms with E-state index in [1.807, 2.05) is 48.2 Å². The number of unbranched alkanes of at least 4 members (excludes halogenated alkanes) is 1. The molecule has 1 unspecified atom stereocenters. The van der Waals surface area contributed by atoms with Gasteiger partial charge in [0, 0.05) is 51.3 Å². The molecule has 1 saturated heterocycles. The number of fused-ring (bicyclic) bond motifs is 1. The van der Waals surface area contributed by atoms with Gasteiger partial charge >= 0.3 is 0 Å². The number of nitrogens with one attached hydrogen (secondary N) is 1. The van der Waals surface area contributed by atoms with E-state index in [-0.39, 0.29) is 28.7 Å². The van der Waals surface area contributed by atoms with E-state index in [1.165, 1.54) is 15.4 Å². The second-order valence-corrected chi connectivity index (χ2v) is 11.0. The number of amides is 1. The van der Waals surface area contributed by atoms with E-state index in [1.54, 1.807) is 12.3 Å². The first-order chi connectivity index (χ1) is 21.3. The van der Waals surface area contributed by atoms with Gasteiger partial charge < -0.3 is 16.0 Å². The molecule has 4 heterocycles. The number of hydrogen-bond acceptors (Lipinski definition) is 9. The summed E-state index contributed by atoms with van der Waals surface area (Å²) < 4.78 is 3.06. The Morgan fingerprint density at radius 2 is 1.84 bits per heavy atom. The van der Waals surface area contributed by atoms with Crippen LogP contribution in [0.5, 0.6) is 0 Å². The second kappa shape index (κ2) is 13.4. The molecule has 3 N–H and O–H groups in total. The van der Waals surface area contributed by atoms with Gasteiger partial charge in [0.05, 0.1) is 17.3 Å². The van der Waals surface area contributed by atoms with Crippen LogP contribution >= 0.6 is 0 Å². The van der Waals surface area contributed by atoms with Crippen molar-refractivity contribution < 1.29 is 4.79 Å². The maximum Gasteiger partial charge on any atom is 0.283 e. The van der Waals surface area contributed by atoms with Gasteiger partial charge in [-0.1, -0.05) is 30.0 Å². The molecule has 1 fully saturated rings. The van der Waals surface area contributed by atoms with Gasteiger partial charge in [0.25, 0.3) is 5.56 Å². The summed E-state index contributed by atoms with van der Waals surface area (Å²) >= 11 is 0. The monoisotopic (exact) mass is 592 g/mol. The first kappa shape index (κ1) is 30.3. The summed E-state index contributed by atoms with van der Waals surface area (Å²) in [5.41, 5.74) is 7.23. The zero-order valence-corrected chi connectivity index (χ0v) is 25.2. The topological polar surface area (TPSA) is 150 Å². The summed E-state index contributed by atoms with van der Waals surface area (Å²) in [7, 11) is 0. The summed E-state index contributed by atoms with van der Waals surface area (Å²) in [5.74, 6) is 7.15. The fourth-order valence-electron chi connectivity index (χ4n) is 5.31. The van der Waals surface area contributed by atoms with Crippen LogP contribution in [0.1, 0.15) is 63.0 Å². The van der Waals surface area contributed by atoms with Crippen LogP contribution in [0.15, 0.2) is 53.7 Å². The number of nitrogens with two attached hydrogens (primary N) is 1. The highest BCUT2D eigenvalue weighted by molar-refractivity contribution is 5.76. The molecular formula is C32H36N10O2. The molecule has 0 spiro atoms. The first-order valence-electron chi connectivity index (χ1n) is 14.8. The van der Waals surface area contributed by atoms with E-state index in [4.69, 9.17) is 10.8 Å². The first-order valence-corrected chi connectivity index (χ1v) is 14.8. The number of benzene rings is 1. The summed E-state index contributed by atoms with van der Waals surface area (Å²) in [6, 6.07) is 13.0. The lowest BCUT2D eigenvalue weighted by Gasteiger charge is -2.37. The summed E-state index contributed by atoms with van der Waals surface area (Å²) in [4.78, 5) is 39.1. The Hall–Kier alpha value is -5.20. The molecule has 12 heteroatoms. The third-order valence-corrected chi connectivity index (χ3v) is 7.77. The molecule has 1 amide bonds. The maximum absolute atomic E-state index is 14.0. The third kappa shape index (κ3) is 6.41. The number of para-hydroxylation sites is 1. The molecule has 0 saturated carbocycles. The molecule has 12 nitrogen and oxygen atoms in total. The fraction of sp³-hybridized carbons (Fsp3) is 0.375. The van der Waals surface area contributed by atoms with Crippen LogP contribution in [0.25, 0.3) is 11.2 Å². The Balaban J connectivity index is 1.36. The molecule has 0 bridgehead atoms. The SMILES string of the molecule is CC(Nc1ncnc(N)c1C#N)c1nn2ccc(C#CCCCC(=O)N3CCN(C(C)C)CC3)c2c(=O)n1-c1ccccc1.